The number of carboxylic acid groups (broad SMARTS) is 1. The summed E-state index contributed by atoms with van der Waals surface area (Å²) in [6.07, 6.45) is 0. The molecule has 25 nitrogen and oxygen atoms in total. The molecule has 0 aromatic carbocycles. The van der Waals surface area contributed by atoms with E-state index in [0.29, 0.717) is 10.8 Å². The fourth-order valence-corrected chi connectivity index (χ4v) is 0.906. The zero-order valence-corrected chi connectivity index (χ0v) is 45.9. The number of aliphatic carboxylic acids is 1. The first kappa shape index (κ1) is 109. The molecule has 0 saturated heterocycles. The number of carbonyl (C=O) groups is 4. The van der Waals surface area contributed by atoms with E-state index in [1.54, 1.807) is 0 Å². The SMILES string of the molecule is CC(=O)OC(C)=O.CC(=O)[O-].CC(C)(C)CN.CC(C)(C)CN.CC(C)(C)C[N+](=O)[O-].CC(C)(O)C[N+](=O)[O-].CC(C)=O.CO.CO.C[N+](=O)[O-].C[O-].O=S(=O)(O)O.[AlH3].[H-].[Li+].[Na+].[Na+]. The molecule has 0 radical (unpaired) electrons. The van der Waals surface area contributed by atoms with Gasteiger partial charge in [0, 0.05) is 54.2 Å². The van der Waals surface area contributed by atoms with E-state index in [9.17, 15) is 34.6 Å². The fraction of sp³-hybridized carbons (Fsp3) is 0.875. The smallest absolute Gasteiger partial charge is 1.00 e. The third-order valence-electron chi connectivity index (χ3n) is 2.63. The molecule has 30 heteroatoms. The molecule has 0 aliphatic rings. The fourth-order valence-electron chi connectivity index (χ4n) is 0.906. The Bertz CT molecular complexity index is 1030. The molecule has 0 bridgehead atoms. The molecular formula is C32H81AlLiN5Na2O20S. The number of carbonyl (C=O) groups excluding carboxylic acids is 4. The normalized spacial score (nSPS) is 8.58. The number of ether oxygens (including phenoxy) is 1. The van der Waals surface area contributed by atoms with Gasteiger partial charge in [-0.2, -0.15) is 15.5 Å². The third-order valence-corrected chi connectivity index (χ3v) is 2.63. The summed E-state index contributed by atoms with van der Waals surface area (Å²) >= 11 is 0. The summed E-state index contributed by atoms with van der Waals surface area (Å²) in [4.78, 5) is 64.9. The van der Waals surface area contributed by atoms with E-state index in [-0.39, 0.29) is 119 Å². The Morgan fingerprint density at radius 3 is 0.758 bits per heavy atom. The van der Waals surface area contributed by atoms with Gasteiger partial charge in [-0.05, 0) is 58.5 Å². The van der Waals surface area contributed by atoms with Gasteiger partial charge in [0.1, 0.15) is 11.4 Å². The number of Topliss-reactive ketones (excluding diaryl/α,β-unsaturated/α-hetero) is 1. The monoisotopic (exact) mass is 967 g/mol. The Morgan fingerprint density at radius 2 is 0.758 bits per heavy atom. The van der Waals surface area contributed by atoms with Crippen LogP contribution in [0.1, 0.15) is 112 Å². The predicted molar refractivity (Wildman–Crippen MR) is 226 cm³/mol. The average molecular weight is 968 g/mol. The van der Waals surface area contributed by atoms with Gasteiger partial charge in [0.25, 0.3) is 0 Å². The number of hydrogen-bond acceptors (Lipinski definition) is 20. The second kappa shape index (κ2) is 69.3. The maximum absolute atomic E-state index is 9.82. The molecule has 62 heavy (non-hydrogen) atoms. The molecule has 0 aromatic rings. The number of carboxylic acids is 1. The molecule has 0 saturated carbocycles. The van der Waals surface area contributed by atoms with Crippen LogP contribution in [-0.4, -0.2) is 149 Å². The molecule has 0 aliphatic carbocycles. The summed E-state index contributed by atoms with van der Waals surface area (Å²) in [6.45, 7) is 28.6. The van der Waals surface area contributed by atoms with Crippen molar-refractivity contribution in [2.24, 2.45) is 27.7 Å². The number of rotatable bonds is 3. The van der Waals surface area contributed by atoms with Crippen LogP contribution >= 0.6 is 0 Å². The van der Waals surface area contributed by atoms with E-state index in [1.165, 1.54) is 41.5 Å². The second-order valence-electron chi connectivity index (χ2n) is 14.3. The van der Waals surface area contributed by atoms with Crippen LogP contribution in [0, 0.1) is 46.6 Å². The summed E-state index contributed by atoms with van der Waals surface area (Å²) in [7, 11) is -1.03. The van der Waals surface area contributed by atoms with E-state index in [0.717, 1.165) is 48.4 Å². The van der Waals surface area contributed by atoms with Gasteiger partial charge < -0.3 is 52.8 Å². The minimum Gasteiger partial charge on any atom is -1.00 e. The van der Waals surface area contributed by atoms with Gasteiger partial charge in [-0.15, -0.1) is 0 Å². The molecule has 0 heterocycles. The van der Waals surface area contributed by atoms with Crippen molar-refractivity contribution in [2.75, 3.05) is 54.6 Å². The number of aliphatic hydroxyl groups is 3. The number of nitro groups is 3. The molecule has 0 fully saturated rings. The Morgan fingerprint density at radius 1 is 0.629 bits per heavy atom. The van der Waals surface area contributed by atoms with Gasteiger partial charge in [0.15, 0.2) is 24.4 Å². The number of nitrogens with two attached hydrogens (primary N) is 2. The maximum Gasteiger partial charge on any atom is 1.00 e. The van der Waals surface area contributed by atoms with Gasteiger partial charge >= 0.3 is 100 Å². The van der Waals surface area contributed by atoms with Gasteiger partial charge in [-0.25, -0.2) is 0 Å². The Labute approximate surface area is 438 Å². The van der Waals surface area contributed by atoms with Crippen molar-refractivity contribution in [1.82, 2.24) is 0 Å². The van der Waals surface area contributed by atoms with Crippen molar-refractivity contribution in [1.29, 1.82) is 0 Å². The Hall–Kier alpha value is -0.760. The van der Waals surface area contributed by atoms with Gasteiger partial charge in [0.2, 0.25) is 13.1 Å². The molecule has 0 amide bonds. The van der Waals surface area contributed by atoms with E-state index in [2.05, 4.69) is 46.3 Å². The zero-order chi connectivity index (χ0) is 51.1. The first-order valence-corrected chi connectivity index (χ1v) is 17.5. The van der Waals surface area contributed by atoms with Crippen LogP contribution in [0.3, 0.4) is 0 Å². The largest absolute Gasteiger partial charge is 1.00 e. The number of nitrogens with zero attached hydrogens (tertiary/aromatic N) is 3. The first-order chi connectivity index (χ1) is 25.3. The third kappa shape index (κ3) is 543. The van der Waals surface area contributed by atoms with Crippen molar-refractivity contribution >= 4 is 51.5 Å². The van der Waals surface area contributed by atoms with E-state index >= 15 is 0 Å². The van der Waals surface area contributed by atoms with Gasteiger partial charge in [-0.1, -0.05) is 62.3 Å². The molecular weight excluding hydrogens is 886 g/mol. The van der Waals surface area contributed by atoms with Crippen molar-refractivity contribution in [3.63, 3.8) is 0 Å². The molecule has 0 aliphatic heterocycles. The Kier molecular flexibility index (Phi) is 121. The predicted octanol–water partition coefficient (Wildman–Crippen LogP) is -9.85. The topological polar surface area (TPSA) is 440 Å². The van der Waals surface area contributed by atoms with Gasteiger partial charge in [0.05, 0.1) is 0 Å². The first-order valence-electron chi connectivity index (χ1n) is 16.1. The van der Waals surface area contributed by atoms with Crippen LogP contribution in [0.5, 0.6) is 0 Å². The number of aliphatic hydroxyl groups excluding tert-OH is 2. The zero-order valence-electron chi connectivity index (χ0n) is 42.1. The Balaban J connectivity index is -0.0000000248. The van der Waals surface area contributed by atoms with Crippen LogP contribution < -0.4 is 99.7 Å². The minimum absolute atomic E-state index is 0. The summed E-state index contributed by atoms with van der Waals surface area (Å²) in [5.41, 5.74) is 9.90. The molecule has 0 rings (SSSR count). The van der Waals surface area contributed by atoms with Crippen LogP contribution in [0.4, 0.5) is 0 Å². The molecule has 0 atom stereocenters. The summed E-state index contributed by atoms with van der Waals surface area (Å²) in [6, 6.07) is 0. The number of esters is 2. The van der Waals surface area contributed by atoms with Gasteiger partial charge in [-0.3, -0.25) is 49.0 Å². The number of ketones is 1. The standard InChI is InChI=1S/C5H11NO2.2C5H13N.C4H9NO3.C4H6O3.C3H6O.C2H4O2.CH3NO2.2CH4O.CH3O.Al.Li.2Na.H2O4S.4H/c1-5(2,3)4-6(7)8;2*1-5(2,3)4-6;1-4(2,6)3-5(7)8;1-3(5)7-4(2)6;1-3(2)4;2*1-2(3)4;3*1-2;;;;;1-5(2,3)4;;;;/h4H2,1-3H3;2*4,6H2,1-3H3;6H,3H2,1-2H3;1-2H3;1-2H3;1H3,(H,3,4);1H3;2*2H,1H3;1H3;;;;;(H2,1,2,3,4);;;;/q;;;;;;;;;;-1;;3*+1;;;;;-1/p-1. The van der Waals surface area contributed by atoms with Crippen molar-refractivity contribution in [3.8, 4) is 0 Å². The second-order valence-corrected chi connectivity index (χ2v) is 15.2. The minimum atomic E-state index is -4.67. The molecule has 9 N–H and O–H groups in total. The van der Waals surface area contributed by atoms with Crippen molar-refractivity contribution in [3.05, 3.63) is 30.3 Å². The summed E-state index contributed by atoms with van der Waals surface area (Å²) in [5, 5.41) is 68.2. The van der Waals surface area contributed by atoms with Crippen LogP contribution in [0.2, 0.25) is 0 Å². The van der Waals surface area contributed by atoms with Crippen LogP contribution in [-0.2, 0) is 34.3 Å². The molecule has 0 unspecified atom stereocenters. The maximum atomic E-state index is 9.82. The molecule has 0 spiro atoms. The quantitative estimate of drug-likeness (QED) is 0.0345. The van der Waals surface area contributed by atoms with E-state index in [4.69, 9.17) is 69.4 Å². The summed E-state index contributed by atoms with van der Waals surface area (Å²) < 4.78 is 35.6. The van der Waals surface area contributed by atoms with Crippen molar-refractivity contribution < 1.29 is 161 Å². The van der Waals surface area contributed by atoms with E-state index in [1.807, 2.05) is 20.8 Å². The average Bonchev–Trinajstić information content (AvgIpc) is 2.92. The molecule has 366 valence electrons. The summed E-state index contributed by atoms with van der Waals surface area (Å²) in [5.74, 6) is -2.04. The number of hydrogen-bond donors (Lipinski definition) is 7. The van der Waals surface area contributed by atoms with Crippen molar-refractivity contribution in [2.45, 2.75) is 116 Å². The van der Waals surface area contributed by atoms with Crippen LogP contribution in [0.25, 0.3) is 0 Å². The van der Waals surface area contributed by atoms with E-state index < -0.39 is 50.3 Å². The van der Waals surface area contributed by atoms with Crippen LogP contribution in [0.15, 0.2) is 0 Å². The molecule has 0 aromatic heterocycles.